The van der Waals surface area contributed by atoms with E-state index in [4.69, 9.17) is 11.6 Å². The van der Waals surface area contributed by atoms with Crippen LogP contribution >= 0.6 is 22.9 Å². The third kappa shape index (κ3) is 4.66. The minimum atomic E-state index is -0.0153. The number of nitrogens with zero attached hydrogens (tertiary/aromatic N) is 3. The first kappa shape index (κ1) is 21.6. The summed E-state index contributed by atoms with van der Waals surface area (Å²) in [6, 6.07) is 15.7. The summed E-state index contributed by atoms with van der Waals surface area (Å²) >= 11 is 7.50. The number of pyridine rings is 2. The Hall–Kier alpha value is -2.67. The second-order valence-electron chi connectivity index (χ2n) is 7.46. The lowest BCUT2D eigenvalue weighted by molar-refractivity contribution is 0.926. The van der Waals surface area contributed by atoms with E-state index < -0.39 is 0 Å². The number of rotatable bonds is 3. The van der Waals surface area contributed by atoms with Crippen molar-refractivity contribution in [3.05, 3.63) is 76.3 Å². The minimum Gasteiger partial charge on any atom is -0.357 e. The lowest BCUT2D eigenvalue weighted by Crippen LogP contribution is -2.20. The van der Waals surface area contributed by atoms with Crippen LogP contribution in [0, 0.1) is 0 Å². The van der Waals surface area contributed by atoms with Crippen molar-refractivity contribution in [2.24, 2.45) is 0 Å². The molecule has 5 rings (SSSR count). The predicted octanol–water partition coefficient (Wildman–Crippen LogP) is 5.20. The van der Waals surface area contributed by atoms with Gasteiger partial charge in [0, 0.05) is 34.6 Å². The first-order chi connectivity index (χ1) is 15.1. The molecule has 4 heterocycles. The highest BCUT2D eigenvalue weighted by molar-refractivity contribution is 7.22. The van der Waals surface area contributed by atoms with Crippen molar-refractivity contribution >= 4 is 38.8 Å². The highest BCUT2D eigenvalue weighted by atomic mass is 35.5. The predicted molar refractivity (Wildman–Crippen MR) is 132 cm³/mol. The number of halogens is 1. The molecular formula is C24H25ClN4OS. The van der Waals surface area contributed by atoms with E-state index in [1.54, 1.807) is 10.8 Å². The third-order valence-corrected chi connectivity index (χ3v) is 6.59. The number of aromatic nitrogens is 2. The Balaban J connectivity index is 0.000000730. The molecule has 160 valence electrons. The Bertz CT molecular complexity index is 1210. The smallest absolute Gasteiger partial charge is 0.273 e. The Kier molecular flexibility index (Phi) is 6.70. The van der Waals surface area contributed by atoms with Crippen LogP contribution in [0.25, 0.3) is 26.2 Å². The number of hydrogen-bond donors (Lipinski definition) is 1. The molecule has 3 aromatic heterocycles. The molecule has 0 aliphatic carbocycles. The van der Waals surface area contributed by atoms with Crippen LogP contribution in [0.1, 0.15) is 12.8 Å². The fraction of sp³-hybridized carbons (Fsp3) is 0.250. The number of thiophene rings is 1. The van der Waals surface area contributed by atoms with Gasteiger partial charge in [-0.2, -0.15) is 0 Å². The second-order valence-corrected chi connectivity index (χ2v) is 8.95. The van der Waals surface area contributed by atoms with Gasteiger partial charge in [0.25, 0.3) is 5.56 Å². The molecule has 1 aliphatic heterocycles. The van der Waals surface area contributed by atoms with Crippen LogP contribution in [0.15, 0.2) is 65.7 Å². The molecule has 7 heteroatoms. The molecule has 1 fully saturated rings. The summed E-state index contributed by atoms with van der Waals surface area (Å²) in [6.07, 6.45) is 6.05. The average molecular weight is 453 g/mol. The first-order valence-corrected chi connectivity index (χ1v) is 11.5. The summed E-state index contributed by atoms with van der Waals surface area (Å²) in [5.74, 6) is 0.983. The number of hydrogen-bond acceptors (Lipinski definition) is 5. The van der Waals surface area contributed by atoms with Gasteiger partial charge in [-0.05, 0) is 68.9 Å². The Morgan fingerprint density at radius 3 is 2.39 bits per heavy atom. The van der Waals surface area contributed by atoms with E-state index in [2.05, 4.69) is 21.3 Å². The van der Waals surface area contributed by atoms with Crippen LogP contribution in [0.3, 0.4) is 0 Å². The van der Waals surface area contributed by atoms with E-state index in [-0.39, 0.29) is 5.56 Å². The molecule has 0 unspecified atom stereocenters. The third-order valence-electron chi connectivity index (χ3n) is 5.15. The molecule has 1 N–H and O–H groups in total. The van der Waals surface area contributed by atoms with Crippen LogP contribution < -0.4 is 15.8 Å². The molecule has 0 amide bonds. The van der Waals surface area contributed by atoms with Crippen LogP contribution in [-0.2, 0) is 0 Å². The number of fused-ring (bicyclic) bond motifs is 1. The number of nitrogens with one attached hydrogen (secondary N) is 1. The lowest BCUT2D eigenvalue weighted by Gasteiger charge is -2.16. The van der Waals surface area contributed by atoms with Crippen molar-refractivity contribution in [3.63, 3.8) is 0 Å². The molecule has 1 aromatic carbocycles. The normalized spacial score (nSPS) is 13.3. The number of benzene rings is 1. The monoisotopic (exact) mass is 452 g/mol. The van der Waals surface area contributed by atoms with Crippen molar-refractivity contribution in [1.29, 1.82) is 0 Å². The summed E-state index contributed by atoms with van der Waals surface area (Å²) in [7, 11) is 3.75. The number of anilines is 1. The van der Waals surface area contributed by atoms with Crippen LogP contribution in [0.2, 0.25) is 5.02 Å². The van der Waals surface area contributed by atoms with E-state index >= 15 is 0 Å². The van der Waals surface area contributed by atoms with Gasteiger partial charge in [0.05, 0.1) is 11.9 Å². The molecule has 0 saturated carbocycles. The molecule has 31 heavy (non-hydrogen) atoms. The standard InChI is InChI=1S/C22H18ClN3OS.C2H7N/c23-17-5-3-15(4-6-17)19-13-16-9-12-26(22(27)21(16)28-19)18-7-8-20(24-14-18)25-10-1-2-11-25;1-3-2/h3-9,12-14H,1-2,10-11H2;3H,1-2H3. The SMILES string of the molecule is CNC.O=c1c2sc(-c3ccc(Cl)cc3)cc2ccn1-c1ccc(N2CCCC2)nc1. The van der Waals surface area contributed by atoms with E-state index in [0.717, 1.165) is 45.1 Å². The van der Waals surface area contributed by atoms with Gasteiger partial charge in [-0.25, -0.2) is 4.98 Å². The zero-order valence-electron chi connectivity index (χ0n) is 17.6. The highest BCUT2D eigenvalue weighted by Crippen LogP contribution is 2.32. The van der Waals surface area contributed by atoms with Gasteiger partial charge >= 0.3 is 0 Å². The summed E-state index contributed by atoms with van der Waals surface area (Å²) in [4.78, 5) is 21.0. The minimum absolute atomic E-state index is 0.0153. The summed E-state index contributed by atoms with van der Waals surface area (Å²) in [5, 5.41) is 4.41. The summed E-state index contributed by atoms with van der Waals surface area (Å²) < 4.78 is 2.42. The molecule has 0 radical (unpaired) electrons. The van der Waals surface area contributed by atoms with Crippen LogP contribution in [0.5, 0.6) is 0 Å². The van der Waals surface area contributed by atoms with Gasteiger partial charge in [-0.1, -0.05) is 23.7 Å². The van der Waals surface area contributed by atoms with Crippen LogP contribution in [0.4, 0.5) is 5.82 Å². The van der Waals surface area contributed by atoms with Crippen molar-refractivity contribution in [2.45, 2.75) is 12.8 Å². The van der Waals surface area contributed by atoms with Gasteiger partial charge in [0.2, 0.25) is 0 Å². The molecule has 1 saturated heterocycles. The quantitative estimate of drug-likeness (QED) is 0.464. The maximum Gasteiger partial charge on any atom is 0.273 e. The van der Waals surface area contributed by atoms with Gasteiger partial charge in [-0.15, -0.1) is 11.3 Å². The fourth-order valence-electron chi connectivity index (χ4n) is 3.64. The van der Waals surface area contributed by atoms with Gasteiger partial charge in [0.15, 0.2) is 0 Å². The molecule has 5 nitrogen and oxygen atoms in total. The zero-order valence-corrected chi connectivity index (χ0v) is 19.2. The second kappa shape index (κ2) is 9.64. The fourth-order valence-corrected chi connectivity index (χ4v) is 4.86. The maximum atomic E-state index is 13.1. The lowest BCUT2D eigenvalue weighted by atomic mass is 10.2. The summed E-state index contributed by atoms with van der Waals surface area (Å²) in [6.45, 7) is 2.11. The van der Waals surface area contributed by atoms with Gasteiger partial charge in [0.1, 0.15) is 10.5 Å². The van der Waals surface area contributed by atoms with E-state index in [1.165, 1.54) is 24.2 Å². The molecule has 0 spiro atoms. The molecular weight excluding hydrogens is 428 g/mol. The maximum absolute atomic E-state index is 13.1. The van der Waals surface area contributed by atoms with Gasteiger partial charge in [-0.3, -0.25) is 9.36 Å². The van der Waals surface area contributed by atoms with Gasteiger partial charge < -0.3 is 10.2 Å². The Labute approximate surface area is 190 Å². The highest BCUT2D eigenvalue weighted by Gasteiger charge is 2.14. The van der Waals surface area contributed by atoms with E-state index in [9.17, 15) is 4.79 Å². The van der Waals surface area contributed by atoms with E-state index in [0.29, 0.717) is 5.02 Å². The summed E-state index contributed by atoms with van der Waals surface area (Å²) in [5.41, 5.74) is 1.84. The topological polar surface area (TPSA) is 50.2 Å². The Morgan fingerprint density at radius 2 is 1.74 bits per heavy atom. The average Bonchev–Trinajstić information content (AvgIpc) is 3.46. The Morgan fingerprint density at radius 1 is 1.03 bits per heavy atom. The molecule has 4 aromatic rings. The molecule has 0 bridgehead atoms. The largest absolute Gasteiger partial charge is 0.357 e. The van der Waals surface area contributed by atoms with Crippen molar-refractivity contribution in [1.82, 2.24) is 14.9 Å². The molecule has 0 atom stereocenters. The van der Waals surface area contributed by atoms with Crippen molar-refractivity contribution in [2.75, 3.05) is 32.1 Å². The first-order valence-electron chi connectivity index (χ1n) is 10.3. The molecule has 1 aliphatic rings. The van der Waals surface area contributed by atoms with Crippen molar-refractivity contribution < 1.29 is 0 Å². The van der Waals surface area contributed by atoms with E-state index in [1.807, 2.05) is 62.8 Å². The van der Waals surface area contributed by atoms with Crippen LogP contribution in [-0.4, -0.2) is 36.7 Å². The zero-order chi connectivity index (χ0) is 21.8. The van der Waals surface area contributed by atoms with Crippen molar-refractivity contribution in [3.8, 4) is 16.1 Å².